The number of ether oxygens (including phenoxy) is 1. The Morgan fingerprint density at radius 2 is 1.83 bits per heavy atom. The fourth-order valence-corrected chi connectivity index (χ4v) is 2.37. The Kier molecular flexibility index (Phi) is 4.64. The fraction of sp³-hybridized carbons (Fsp3) is 0.875. The van der Waals surface area contributed by atoms with Crippen molar-refractivity contribution in [2.45, 2.75) is 37.6 Å². The predicted molar refractivity (Wildman–Crippen MR) is 56.9 cm³/mol. The number of carbonyl (C=O) groups excluding carboxylic acids is 1. The van der Waals surface area contributed by atoms with Crippen LogP contribution in [0.3, 0.4) is 0 Å². The fourth-order valence-electron chi connectivity index (χ4n) is 1.68. The molecule has 5 N–H and O–H groups in total. The lowest BCUT2D eigenvalue weighted by atomic mass is 9.97. The van der Waals surface area contributed by atoms with Crippen molar-refractivity contribution in [1.82, 2.24) is 5.32 Å². The predicted octanol–water partition coefficient (Wildman–Crippen LogP) is -3.18. The number of aliphatic hydroxyl groups is 3. The summed E-state index contributed by atoms with van der Waals surface area (Å²) in [6.07, 6.45) is -6.48. The molecule has 1 amide bonds. The van der Waals surface area contributed by atoms with Crippen molar-refractivity contribution in [2.24, 2.45) is 0 Å². The number of hydrogen-bond acceptors (Lipinski definition) is 7. The number of hydrogen-bond donors (Lipinski definition) is 5. The van der Waals surface area contributed by atoms with Crippen LogP contribution in [0.1, 0.15) is 6.92 Å². The van der Waals surface area contributed by atoms with Gasteiger partial charge in [-0.15, -0.1) is 0 Å². The van der Waals surface area contributed by atoms with E-state index in [1.807, 2.05) is 0 Å². The molecule has 1 unspecified atom stereocenters. The first-order valence-corrected chi connectivity index (χ1v) is 6.64. The summed E-state index contributed by atoms with van der Waals surface area (Å²) in [6, 6.07) is -1.28. The molecule has 9 nitrogen and oxygen atoms in total. The van der Waals surface area contributed by atoms with Gasteiger partial charge in [-0.05, 0) is 0 Å². The number of carbonyl (C=O) groups is 1. The van der Waals surface area contributed by atoms with Gasteiger partial charge in [0.2, 0.25) is 5.91 Å². The molecule has 1 aliphatic heterocycles. The van der Waals surface area contributed by atoms with Crippen molar-refractivity contribution in [3.05, 3.63) is 0 Å². The van der Waals surface area contributed by atoms with E-state index in [0.29, 0.717) is 0 Å². The highest BCUT2D eigenvalue weighted by molar-refractivity contribution is 7.85. The maximum absolute atomic E-state index is 10.8. The first-order valence-electron chi connectivity index (χ1n) is 5.03. The number of rotatable bonds is 3. The topological polar surface area (TPSA) is 153 Å². The van der Waals surface area contributed by atoms with E-state index in [1.54, 1.807) is 0 Å². The zero-order chi connectivity index (χ0) is 14.1. The van der Waals surface area contributed by atoms with Crippen LogP contribution in [0, 0.1) is 0 Å². The third-order valence-electron chi connectivity index (χ3n) is 2.47. The second kappa shape index (κ2) is 5.47. The Morgan fingerprint density at radius 3 is 2.28 bits per heavy atom. The van der Waals surface area contributed by atoms with Crippen LogP contribution in [0.4, 0.5) is 0 Å². The third-order valence-corrected chi connectivity index (χ3v) is 3.21. The van der Waals surface area contributed by atoms with Gasteiger partial charge in [0.05, 0.1) is 0 Å². The van der Waals surface area contributed by atoms with Crippen LogP contribution in [-0.4, -0.2) is 70.6 Å². The standard InChI is InChI=1S/C8H15NO8S/c1-3(10)9-5-7(12)6(11)4(17-8(5)13)2-18(14,15)16/h4-8,11-13H,2H2,1H3,(H,9,10)(H,14,15,16)/t4-,5-,6-,7-,8?/m1/s1. The molecule has 0 spiro atoms. The Hall–Kier alpha value is -0.780. The average molecular weight is 285 g/mol. The first-order chi connectivity index (χ1) is 8.11. The van der Waals surface area contributed by atoms with Crippen LogP contribution in [0.5, 0.6) is 0 Å². The van der Waals surface area contributed by atoms with E-state index in [4.69, 9.17) is 9.29 Å². The molecule has 0 bridgehead atoms. The van der Waals surface area contributed by atoms with Gasteiger partial charge in [-0.1, -0.05) is 0 Å². The molecule has 0 aromatic rings. The molecule has 18 heavy (non-hydrogen) atoms. The van der Waals surface area contributed by atoms with Crippen molar-refractivity contribution in [3.63, 3.8) is 0 Å². The Bertz CT molecular complexity index is 409. The summed E-state index contributed by atoms with van der Waals surface area (Å²) in [4.78, 5) is 10.8. The Labute approximate surface area is 103 Å². The SMILES string of the molecule is CC(=O)N[C@H]1C(O)O[C@H](CS(=O)(=O)O)[C@@H](O)[C@@H]1O. The summed E-state index contributed by atoms with van der Waals surface area (Å²) < 4.78 is 34.7. The number of nitrogens with one attached hydrogen (secondary N) is 1. The maximum Gasteiger partial charge on any atom is 0.267 e. The third kappa shape index (κ3) is 3.86. The van der Waals surface area contributed by atoms with Gasteiger partial charge in [0, 0.05) is 6.92 Å². The van der Waals surface area contributed by atoms with E-state index in [1.165, 1.54) is 0 Å². The van der Waals surface area contributed by atoms with Gasteiger partial charge in [0.1, 0.15) is 30.1 Å². The highest BCUT2D eigenvalue weighted by Crippen LogP contribution is 2.21. The summed E-state index contributed by atoms with van der Waals surface area (Å²) in [7, 11) is -4.44. The number of aliphatic hydroxyl groups excluding tert-OH is 3. The van der Waals surface area contributed by atoms with Gasteiger partial charge in [0.25, 0.3) is 10.1 Å². The van der Waals surface area contributed by atoms with Gasteiger partial charge in [-0.2, -0.15) is 8.42 Å². The molecule has 0 saturated carbocycles. The molecule has 0 radical (unpaired) electrons. The molecular weight excluding hydrogens is 270 g/mol. The Morgan fingerprint density at radius 1 is 1.28 bits per heavy atom. The molecule has 1 heterocycles. The van der Waals surface area contributed by atoms with E-state index in [-0.39, 0.29) is 0 Å². The minimum Gasteiger partial charge on any atom is -0.388 e. The minimum absolute atomic E-state index is 0.567. The van der Waals surface area contributed by atoms with Crippen LogP contribution in [0.2, 0.25) is 0 Å². The lowest BCUT2D eigenvalue weighted by Gasteiger charge is -2.40. The smallest absolute Gasteiger partial charge is 0.267 e. The highest BCUT2D eigenvalue weighted by Gasteiger charge is 2.45. The van der Waals surface area contributed by atoms with Crippen LogP contribution in [-0.2, 0) is 19.6 Å². The zero-order valence-corrected chi connectivity index (χ0v) is 10.2. The molecule has 10 heteroatoms. The molecule has 1 fully saturated rings. The van der Waals surface area contributed by atoms with Crippen molar-refractivity contribution in [3.8, 4) is 0 Å². The zero-order valence-electron chi connectivity index (χ0n) is 9.42. The first kappa shape index (κ1) is 15.3. The molecule has 1 saturated heterocycles. The van der Waals surface area contributed by atoms with Crippen molar-refractivity contribution < 1.29 is 37.8 Å². The number of amides is 1. The molecular formula is C8H15NO8S. The van der Waals surface area contributed by atoms with Crippen LogP contribution in [0.15, 0.2) is 0 Å². The van der Waals surface area contributed by atoms with E-state index in [2.05, 4.69) is 5.32 Å². The van der Waals surface area contributed by atoms with Crippen molar-refractivity contribution in [1.29, 1.82) is 0 Å². The van der Waals surface area contributed by atoms with Gasteiger partial charge >= 0.3 is 0 Å². The normalized spacial score (nSPS) is 37.3. The van der Waals surface area contributed by atoms with E-state index in [9.17, 15) is 28.5 Å². The molecule has 0 aliphatic carbocycles. The van der Waals surface area contributed by atoms with E-state index >= 15 is 0 Å². The lowest BCUT2D eigenvalue weighted by Crippen LogP contribution is -2.64. The lowest BCUT2D eigenvalue weighted by molar-refractivity contribution is -0.241. The van der Waals surface area contributed by atoms with Crippen LogP contribution in [0.25, 0.3) is 0 Å². The van der Waals surface area contributed by atoms with Gasteiger partial charge in [0.15, 0.2) is 6.29 Å². The maximum atomic E-state index is 10.8. The Balaban J connectivity index is 2.79. The molecule has 106 valence electrons. The second-order valence-corrected chi connectivity index (χ2v) is 5.52. The van der Waals surface area contributed by atoms with Crippen LogP contribution >= 0.6 is 0 Å². The summed E-state index contributed by atoms with van der Waals surface area (Å²) >= 11 is 0. The average Bonchev–Trinajstić information content (AvgIpc) is 2.18. The van der Waals surface area contributed by atoms with E-state index < -0.39 is 52.4 Å². The van der Waals surface area contributed by atoms with Crippen LogP contribution < -0.4 is 5.32 Å². The summed E-state index contributed by atoms with van der Waals surface area (Å²) in [5, 5.41) is 30.9. The molecule has 0 aromatic carbocycles. The molecule has 0 aromatic heterocycles. The largest absolute Gasteiger partial charge is 0.388 e. The quantitative estimate of drug-likeness (QED) is 0.340. The molecule has 1 rings (SSSR count). The minimum atomic E-state index is -4.44. The van der Waals surface area contributed by atoms with Crippen molar-refractivity contribution in [2.75, 3.05) is 5.75 Å². The highest BCUT2D eigenvalue weighted by atomic mass is 32.2. The molecule has 1 aliphatic rings. The monoisotopic (exact) mass is 285 g/mol. The van der Waals surface area contributed by atoms with Gasteiger partial charge < -0.3 is 25.4 Å². The summed E-state index contributed by atoms with van der Waals surface area (Å²) in [6.45, 7) is 1.14. The van der Waals surface area contributed by atoms with Gasteiger partial charge in [-0.3, -0.25) is 9.35 Å². The van der Waals surface area contributed by atoms with Gasteiger partial charge in [-0.25, -0.2) is 0 Å². The van der Waals surface area contributed by atoms with E-state index in [0.717, 1.165) is 6.92 Å². The molecule has 5 atom stereocenters. The second-order valence-electron chi connectivity index (χ2n) is 4.02. The summed E-state index contributed by atoms with van der Waals surface area (Å²) in [5.74, 6) is -1.54. The van der Waals surface area contributed by atoms with Crippen molar-refractivity contribution >= 4 is 16.0 Å². The summed E-state index contributed by atoms with van der Waals surface area (Å²) in [5.41, 5.74) is 0.